The molecule has 1 aliphatic heterocycles. The number of likely N-dealkylation sites (tertiary alicyclic amines) is 1. The highest BCUT2D eigenvalue weighted by Gasteiger charge is 2.30. The molecule has 0 aromatic heterocycles. The molecule has 1 aliphatic rings. The second-order valence-electron chi connectivity index (χ2n) is 7.58. The Labute approximate surface area is 130 Å². The Morgan fingerprint density at radius 1 is 1.14 bits per heavy atom. The SMILES string of the molecule is CCNC(CN1CCC(C)(C)C1)c1ccc(C(C)C)cc1. The molecule has 21 heavy (non-hydrogen) atoms. The van der Waals surface area contributed by atoms with Gasteiger partial charge in [0.25, 0.3) is 0 Å². The van der Waals surface area contributed by atoms with Crippen molar-refractivity contribution in [1.82, 2.24) is 10.2 Å². The van der Waals surface area contributed by atoms with Crippen LogP contribution in [0.5, 0.6) is 0 Å². The van der Waals surface area contributed by atoms with Gasteiger partial charge in [0.1, 0.15) is 0 Å². The van der Waals surface area contributed by atoms with Crippen molar-refractivity contribution in [2.24, 2.45) is 5.41 Å². The van der Waals surface area contributed by atoms with Crippen molar-refractivity contribution in [1.29, 1.82) is 0 Å². The molecule has 1 unspecified atom stereocenters. The first kappa shape index (κ1) is 16.5. The highest BCUT2D eigenvalue weighted by atomic mass is 15.2. The smallest absolute Gasteiger partial charge is 0.0449 e. The van der Waals surface area contributed by atoms with Crippen LogP contribution < -0.4 is 5.32 Å². The van der Waals surface area contributed by atoms with E-state index < -0.39 is 0 Å². The topological polar surface area (TPSA) is 15.3 Å². The Bertz CT molecular complexity index is 433. The zero-order chi connectivity index (χ0) is 15.5. The van der Waals surface area contributed by atoms with E-state index in [2.05, 4.69) is 69.1 Å². The normalized spacial score (nSPS) is 20.1. The standard InChI is InChI=1S/C19H32N2/c1-6-20-18(13-21-12-11-19(4,5)14-21)17-9-7-16(8-10-17)15(2)3/h7-10,15,18,20H,6,11-14H2,1-5H3. The second-order valence-corrected chi connectivity index (χ2v) is 7.58. The van der Waals surface area contributed by atoms with Gasteiger partial charge < -0.3 is 10.2 Å². The van der Waals surface area contributed by atoms with E-state index in [4.69, 9.17) is 0 Å². The summed E-state index contributed by atoms with van der Waals surface area (Å²) in [6, 6.07) is 9.65. The Hall–Kier alpha value is -0.860. The highest BCUT2D eigenvalue weighted by molar-refractivity contribution is 5.27. The third kappa shape index (κ3) is 4.55. The van der Waals surface area contributed by atoms with Crippen LogP contribution >= 0.6 is 0 Å². The molecule has 0 saturated carbocycles. The predicted octanol–water partition coefficient (Wildman–Crippen LogP) is 4.19. The van der Waals surface area contributed by atoms with Crippen LogP contribution in [-0.4, -0.2) is 31.1 Å². The van der Waals surface area contributed by atoms with Crippen LogP contribution in [0.25, 0.3) is 0 Å². The van der Waals surface area contributed by atoms with Gasteiger partial charge in [0, 0.05) is 19.1 Å². The van der Waals surface area contributed by atoms with Crippen molar-refractivity contribution >= 4 is 0 Å². The number of likely N-dealkylation sites (N-methyl/N-ethyl adjacent to an activating group) is 1. The van der Waals surface area contributed by atoms with Crippen molar-refractivity contribution in [3.8, 4) is 0 Å². The van der Waals surface area contributed by atoms with Gasteiger partial charge in [-0.05, 0) is 42.0 Å². The van der Waals surface area contributed by atoms with Crippen molar-refractivity contribution in [2.75, 3.05) is 26.2 Å². The Morgan fingerprint density at radius 3 is 2.24 bits per heavy atom. The molecule has 1 aromatic rings. The van der Waals surface area contributed by atoms with Crippen molar-refractivity contribution in [2.45, 2.75) is 53.0 Å². The molecular formula is C19H32N2. The first-order valence-electron chi connectivity index (χ1n) is 8.47. The lowest BCUT2D eigenvalue weighted by molar-refractivity contribution is 0.262. The van der Waals surface area contributed by atoms with Gasteiger partial charge in [0.2, 0.25) is 0 Å². The third-order valence-electron chi connectivity index (χ3n) is 4.65. The summed E-state index contributed by atoms with van der Waals surface area (Å²) >= 11 is 0. The summed E-state index contributed by atoms with van der Waals surface area (Å²) in [4.78, 5) is 2.61. The summed E-state index contributed by atoms with van der Waals surface area (Å²) < 4.78 is 0. The van der Waals surface area contributed by atoms with Gasteiger partial charge in [-0.1, -0.05) is 58.9 Å². The number of nitrogens with one attached hydrogen (secondary N) is 1. The van der Waals surface area contributed by atoms with Crippen LogP contribution in [0.15, 0.2) is 24.3 Å². The van der Waals surface area contributed by atoms with Crippen molar-refractivity contribution < 1.29 is 0 Å². The molecule has 0 bridgehead atoms. The van der Waals surface area contributed by atoms with Gasteiger partial charge in [-0.15, -0.1) is 0 Å². The number of hydrogen-bond donors (Lipinski definition) is 1. The van der Waals surface area contributed by atoms with E-state index in [0.717, 1.165) is 13.1 Å². The zero-order valence-electron chi connectivity index (χ0n) is 14.4. The lowest BCUT2D eigenvalue weighted by Crippen LogP contribution is -2.34. The molecule has 1 atom stereocenters. The van der Waals surface area contributed by atoms with Gasteiger partial charge in [0.15, 0.2) is 0 Å². The number of hydrogen-bond acceptors (Lipinski definition) is 2. The van der Waals surface area contributed by atoms with E-state index in [1.807, 2.05) is 0 Å². The fourth-order valence-electron chi connectivity index (χ4n) is 3.29. The Kier molecular flexibility index (Phi) is 5.45. The molecule has 0 radical (unpaired) electrons. The fraction of sp³-hybridized carbons (Fsp3) is 0.684. The molecule has 1 saturated heterocycles. The summed E-state index contributed by atoms with van der Waals surface area (Å²) in [5.74, 6) is 0.607. The van der Waals surface area contributed by atoms with E-state index >= 15 is 0 Å². The minimum Gasteiger partial charge on any atom is -0.309 e. The first-order valence-corrected chi connectivity index (χ1v) is 8.47. The van der Waals surface area contributed by atoms with Crippen LogP contribution in [-0.2, 0) is 0 Å². The molecule has 2 heteroatoms. The maximum Gasteiger partial charge on any atom is 0.0449 e. The molecule has 0 spiro atoms. The minimum atomic E-state index is 0.449. The van der Waals surface area contributed by atoms with E-state index in [1.54, 1.807) is 0 Å². The lowest BCUT2D eigenvalue weighted by atomic mass is 9.93. The van der Waals surface area contributed by atoms with Gasteiger partial charge >= 0.3 is 0 Å². The summed E-state index contributed by atoms with van der Waals surface area (Å²) in [7, 11) is 0. The first-order chi connectivity index (χ1) is 9.91. The van der Waals surface area contributed by atoms with E-state index in [9.17, 15) is 0 Å². The molecule has 2 nitrogen and oxygen atoms in total. The van der Waals surface area contributed by atoms with Crippen LogP contribution in [0.2, 0.25) is 0 Å². The average molecular weight is 288 g/mol. The van der Waals surface area contributed by atoms with Gasteiger partial charge in [-0.25, -0.2) is 0 Å². The lowest BCUT2D eigenvalue weighted by Gasteiger charge is -2.26. The summed E-state index contributed by atoms with van der Waals surface area (Å²) in [5.41, 5.74) is 3.33. The Balaban J connectivity index is 2.04. The monoisotopic (exact) mass is 288 g/mol. The molecule has 0 aliphatic carbocycles. The molecule has 2 rings (SSSR count). The van der Waals surface area contributed by atoms with Gasteiger partial charge in [-0.2, -0.15) is 0 Å². The van der Waals surface area contributed by atoms with E-state index in [-0.39, 0.29) is 0 Å². The summed E-state index contributed by atoms with van der Waals surface area (Å²) in [5, 5.41) is 3.66. The fourth-order valence-corrected chi connectivity index (χ4v) is 3.29. The summed E-state index contributed by atoms with van der Waals surface area (Å²) in [6.45, 7) is 16.1. The van der Waals surface area contributed by atoms with Crippen molar-refractivity contribution in [3.05, 3.63) is 35.4 Å². The van der Waals surface area contributed by atoms with Crippen LogP contribution in [0.1, 0.15) is 64.1 Å². The minimum absolute atomic E-state index is 0.449. The van der Waals surface area contributed by atoms with Crippen LogP contribution in [0.3, 0.4) is 0 Å². The second kappa shape index (κ2) is 6.93. The van der Waals surface area contributed by atoms with Gasteiger partial charge in [0.05, 0.1) is 0 Å². The third-order valence-corrected chi connectivity index (χ3v) is 4.65. The molecule has 118 valence electrons. The number of benzene rings is 1. The largest absolute Gasteiger partial charge is 0.309 e. The summed E-state index contributed by atoms with van der Waals surface area (Å²) in [6.07, 6.45) is 1.32. The molecule has 1 N–H and O–H groups in total. The van der Waals surface area contributed by atoms with Gasteiger partial charge in [-0.3, -0.25) is 0 Å². The van der Waals surface area contributed by atoms with Crippen LogP contribution in [0, 0.1) is 5.41 Å². The molecule has 0 amide bonds. The zero-order valence-corrected chi connectivity index (χ0v) is 14.4. The predicted molar refractivity (Wildman–Crippen MR) is 91.8 cm³/mol. The molecule has 1 aromatic carbocycles. The van der Waals surface area contributed by atoms with E-state index in [1.165, 1.54) is 30.6 Å². The van der Waals surface area contributed by atoms with Crippen molar-refractivity contribution in [3.63, 3.8) is 0 Å². The molecule has 1 heterocycles. The van der Waals surface area contributed by atoms with E-state index in [0.29, 0.717) is 17.4 Å². The quantitative estimate of drug-likeness (QED) is 0.844. The molecule has 1 fully saturated rings. The number of nitrogens with zero attached hydrogens (tertiary/aromatic N) is 1. The maximum absolute atomic E-state index is 3.66. The Morgan fingerprint density at radius 2 is 1.76 bits per heavy atom. The highest BCUT2D eigenvalue weighted by Crippen LogP contribution is 2.30. The maximum atomic E-state index is 3.66. The number of rotatable bonds is 6. The average Bonchev–Trinajstić information content (AvgIpc) is 2.77. The molecular weight excluding hydrogens is 256 g/mol. The van der Waals surface area contributed by atoms with Crippen LogP contribution in [0.4, 0.5) is 0 Å².